The molecule has 0 spiro atoms. The molecule has 0 amide bonds. The fourth-order valence-electron chi connectivity index (χ4n) is 4.41. The number of ether oxygens (including phenoxy) is 4. The van der Waals surface area contributed by atoms with Crippen LogP contribution in [0, 0.1) is 18.3 Å². The van der Waals surface area contributed by atoms with Crippen molar-refractivity contribution in [1.29, 1.82) is 5.26 Å². The Labute approximate surface area is 247 Å². The minimum absolute atomic E-state index is 0.0303. The highest BCUT2D eigenvalue weighted by molar-refractivity contribution is 6.31. The van der Waals surface area contributed by atoms with Gasteiger partial charge in [-0.2, -0.15) is 5.26 Å². The van der Waals surface area contributed by atoms with Crippen LogP contribution in [-0.2, 0) is 11.4 Å². The first-order valence-corrected chi connectivity index (χ1v) is 13.4. The van der Waals surface area contributed by atoms with Crippen molar-refractivity contribution in [3.05, 3.63) is 129 Å². The van der Waals surface area contributed by atoms with Crippen LogP contribution in [0.4, 0.5) is 0 Å². The summed E-state index contributed by atoms with van der Waals surface area (Å²) < 4.78 is 22.8. The van der Waals surface area contributed by atoms with Crippen LogP contribution >= 0.6 is 23.2 Å². The number of nitrogens with zero attached hydrogens (tertiary/aromatic N) is 1. The molecular formula is C32H24Cl2N2O5. The highest BCUT2D eigenvalue weighted by Gasteiger charge is 2.31. The van der Waals surface area contributed by atoms with Gasteiger partial charge in [0.05, 0.1) is 5.92 Å². The summed E-state index contributed by atoms with van der Waals surface area (Å²) in [5.41, 5.74) is 9.57. The van der Waals surface area contributed by atoms with Crippen molar-refractivity contribution >= 4 is 29.2 Å². The normalized spacial score (nSPS) is 14.0. The van der Waals surface area contributed by atoms with Crippen molar-refractivity contribution in [2.45, 2.75) is 19.4 Å². The zero-order valence-corrected chi connectivity index (χ0v) is 23.4. The van der Waals surface area contributed by atoms with Gasteiger partial charge < -0.3 is 24.7 Å². The van der Waals surface area contributed by atoms with Crippen LogP contribution in [-0.4, -0.2) is 12.6 Å². The fourth-order valence-corrected chi connectivity index (χ4v) is 4.72. The number of hydrogen-bond donors (Lipinski definition) is 1. The molecule has 1 unspecified atom stereocenters. The fraction of sp³-hybridized carbons (Fsp3) is 0.125. The minimum atomic E-state index is -0.602. The number of aryl methyl sites for hydroxylation is 1. The number of rotatable bonds is 8. The van der Waals surface area contributed by atoms with E-state index in [4.69, 9.17) is 47.9 Å². The highest BCUT2D eigenvalue weighted by atomic mass is 35.5. The van der Waals surface area contributed by atoms with E-state index in [0.29, 0.717) is 32.9 Å². The second-order valence-corrected chi connectivity index (χ2v) is 10.1. The SMILES string of the molecule is Cc1cc(OCC(=O)Oc2ccc3c(c2)OC(N)=C(C#N)C3c2cccc(OCc3ccccc3Cl)c2)ccc1Cl. The average Bonchev–Trinajstić information content (AvgIpc) is 2.96. The number of fused-ring (bicyclic) bond motifs is 1. The third-order valence-electron chi connectivity index (χ3n) is 6.45. The molecule has 1 aliphatic rings. The second kappa shape index (κ2) is 12.3. The Balaban J connectivity index is 1.33. The van der Waals surface area contributed by atoms with E-state index in [2.05, 4.69) is 6.07 Å². The van der Waals surface area contributed by atoms with E-state index in [1.165, 1.54) is 0 Å². The summed E-state index contributed by atoms with van der Waals surface area (Å²) in [6.07, 6.45) is 0. The molecule has 206 valence electrons. The standard InChI is InChI=1S/C32H24Cl2N2O5/c1-19-13-23(10-12-27(19)33)39-18-30(37)40-24-9-11-25-29(15-24)41-32(36)26(16-35)31(25)20-6-4-7-22(14-20)38-17-21-5-2-3-8-28(21)34/h2-15,31H,17-18,36H2,1H3. The number of esters is 1. The van der Waals surface area contributed by atoms with Gasteiger partial charge in [-0.25, -0.2) is 4.79 Å². The molecule has 0 radical (unpaired) electrons. The molecule has 2 N–H and O–H groups in total. The van der Waals surface area contributed by atoms with Crippen LogP contribution in [0.2, 0.25) is 10.0 Å². The first-order chi connectivity index (χ1) is 19.8. The molecular weight excluding hydrogens is 563 g/mol. The Kier molecular flexibility index (Phi) is 8.34. The molecule has 41 heavy (non-hydrogen) atoms. The molecule has 9 heteroatoms. The molecule has 4 aromatic rings. The van der Waals surface area contributed by atoms with Gasteiger partial charge in [0.2, 0.25) is 5.88 Å². The number of halogens is 2. The quantitative estimate of drug-likeness (QED) is 0.174. The zero-order chi connectivity index (χ0) is 28.9. The van der Waals surface area contributed by atoms with E-state index in [-0.39, 0.29) is 30.4 Å². The molecule has 5 rings (SSSR count). The molecule has 4 aromatic carbocycles. The minimum Gasteiger partial charge on any atom is -0.489 e. The first kappa shape index (κ1) is 27.9. The predicted molar refractivity (Wildman–Crippen MR) is 155 cm³/mol. The summed E-state index contributed by atoms with van der Waals surface area (Å²) in [4.78, 5) is 12.5. The van der Waals surface area contributed by atoms with Gasteiger partial charge in [-0.3, -0.25) is 0 Å². The summed E-state index contributed by atoms with van der Waals surface area (Å²) in [6, 6.07) is 27.1. The van der Waals surface area contributed by atoms with Crippen molar-refractivity contribution in [3.63, 3.8) is 0 Å². The van der Waals surface area contributed by atoms with E-state index in [0.717, 1.165) is 16.7 Å². The van der Waals surface area contributed by atoms with Crippen LogP contribution in [0.5, 0.6) is 23.0 Å². The lowest BCUT2D eigenvalue weighted by Gasteiger charge is -2.27. The maximum Gasteiger partial charge on any atom is 0.349 e. The molecule has 0 aromatic heterocycles. The van der Waals surface area contributed by atoms with Gasteiger partial charge in [0.15, 0.2) is 6.61 Å². The summed E-state index contributed by atoms with van der Waals surface area (Å²) >= 11 is 12.3. The Morgan fingerprint density at radius 2 is 1.71 bits per heavy atom. The molecule has 0 saturated carbocycles. The molecule has 0 aliphatic carbocycles. The maximum absolute atomic E-state index is 12.5. The Bertz CT molecular complexity index is 1700. The number of nitrogens with two attached hydrogens (primary N) is 1. The number of benzene rings is 4. The summed E-state index contributed by atoms with van der Waals surface area (Å²) in [7, 11) is 0. The lowest BCUT2D eigenvalue weighted by molar-refractivity contribution is -0.136. The molecule has 1 heterocycles. The van der Waals surface area contributed by atoms with E-state index < -0.39 is 11.9 Å². The van der Waals surface area contributed by atoms with Gasteiger partial charge in [-0.15, -0.1) is 0 Å². The van der Waals surface area contributed by atoms with Gasteiger partial charge >= 0.3 is 5.97 Å². The average molecular weight is 587 g/mol. The lowest BCUT2D eigenvalue weighted by atomic mass is 9.83. The third-order valence-corrected chi connectivity index (χ3v) is 7.24. The van der Waals surface area contributed by atoms with Crippen LogP contribution < -0.4 is 24.7 Å². The monoisotopic (exact) mass is 586 g/mol. The Morgan fingerprint density at radius 1 is 0.927 bits per heavy atom. The number of carbonyl (C=O) groups is 1. The van der Waals surface area contributed by atoms with Crippen molar-refractivity contribution < 1.29 is 23.7 Å². The van der Waals surface area contributed by atoms with Gasteiger partial charge in [0.25, 0.3) is 0 Å². The van der Waals surface area contributed by atoms with E-state index in [9.17, 15) is 10.1 Å². The van der Waals surface area contributed by atoms with Crippen LogP contribution in [0.1, 0.15) is 28.2 Å². The van der Waals surface area contributed by atoms with E-state index in [1.54, 1.807) is 42.5 Å². The third kappa shape index (κ3) is 6.41. The number of allylic oxidation sites excluding steroid dienone is 1. The Hall–Kier alpha value is -4.64. The molecule has 1 atom stereocenters. The largest absolute Gasteiger partial charge is 0.489 e. The smallest absolute Gasteiger partial charge is 0.349 e. The topological polar surface area (TPSA) is 104 Å². The van der Waals surface area contributed by atoms with Crippen molar-refractivity contribution in [1.82, 2.24) is 0 Å². The number of nitriles is 1. The maximum atomic E-state index is 12.5. The van der Waals surface area contributed by atoms with Crippen LogP contribution in [0.3, 0.4) is 0 Å². The molecule has 0 fully saturated rings. The van der Waals surface area contributed by atoms with Crippen LogP contribution in [0.15, 0.2) is 96.4 Å². The lowest BCUT2D eigenvalue weighted by Crippen LogP contribution is -2.21. The van der Waals surface area contributed by atoms with Crippen molar-refractivity contribution in [2.75, 3.05) is 6.61 Å². The second-order valence-electron chi connectivity index (χ2n) is 9.25. The molecule has 7 nitrogen and oxygen atoms in total. The van der Waals surface area contributed by atoms with Gasteiger partial charge in [0, 0.05) is 27.2 Å². The highest BCUT2D eigenvalue weighted by Crippen LogP contribution is 2.44. The van der Waals surface area contributed by atoms with Crippen LogP contribution in [0.25, 0.3) is 0 Å². The molecule has 0 bridgehead atoms. The Morgan fingerprint density at radius 3 is 2.49 bits per heavy atom. The van der Waals surface area contributed by atoms with E-state index >= 15 is 0 Å². The zero-order valence-electron chi connectivity index (χ0n) is 21.9. The molecule has 1 aliphatic heterocycles. The van der Waals surface area contributed by atoms with Gasteiger partial charge in [-0.1, -0.05) is 59.6 Å². The predicted octanol–water partition coefficient (Wildman–Crippen LogP) is 7.08. The summed E-state index contributed by atoms with van der Waals surface area (Å²) in [5, 5.41) is 11.2. The number of hydrogen-bond acceptors (Lipinski definition) is 7. The van der Waals surface area contributed by atoms with Crippen molar-refractivity contribution in [3.8, 4) is 29.1 Å². The van der Waals surface area contributed by atoms with Gasteiger partial charge in [0.1, 0.15) is 41.2 Å². The number of carbonyl (C=O) groups excluding carboxylic acids is 1. The molecule has 0 saturated heterocycles. The summed E-state index contributed by atoms with van der Waals surface area (Å²) in [5.74, 6) is 0.566. The first-order valence-electron chi connectivity index (χ1n) is 12.6. The van der Waals surface area contributed by atoms with E-state index in [1.807, 2.05) is 49.4 Å². The summed E-state index contributed by atoms with van der Waals surface area (Å²) in [6.45, 7) is 1.83. The van der Waals surface area contributed by atoms with Crippen molar-refractivity contribution in [2.24, 2.45) is 5.73 Å². The van der Waals surface area contributed by atoms with Gasteiger partial charge in [-0.05, 0) is 60.5 Å².